The standard InChI is InChI=1S/C22H27N3O3/c1-3-16-7-4-9-18(13-16)24-22(23-15-20-11-6-12-28-20)25-21(26)17-8-5-10-19(14-17)27-2/h4-5,7-10,13-14,20H,3,6,11-12,15H2,1-2H3,(H2,23,24,25,26)/t20-/m1/s1. The summed E-state index contributed by atoms with van der Waals surface area (Å²) in [4.78, 5) is 17.3. The number of aliphatic imine (C=N–C) groups is 1. The molecule has 2 N–H and O–H groups in total. The summed E-state index contributed by atoms with van der Waals surface area (Å²) in [6.45, 7) is 3.39. The Kier molecular flexibility index (Phi) is 7.03. The highest BCUT2D eigenvalue weighted by molar-refractivity contribution is 6.10. The van der Waals surface area contributed by atoms with Gasteiger partial charge in [0.05, 0.1) is 19.8 Å². The van der Waals surface area contributed by atoms with Crippen LogP contribution in [0, 0.1) is 0 Å². The maximum absolute atomic E-state index is 12.7. The van der Waals surface area contributed by atoms with Crippen molar-refractivity contribution in [1.29, 1.82) is 0 Å². The summed E-state index contributed by atoms with van der Waals surface area (Å²) < 4.78 is 10.8. The summed E-state index contributed by atoms with van der Waals surface area (Å²) in [6, 6.07) is 15.1. The van der Waals surface area contributed by atoms with Gasteiger partial charge < -0.3 is 14.8 Å². The number of amides is 1. The number of rotatable bonds is 6. The summed E-state index contributed by atoms with van der Waals surface area (Å²) in [6.07, 6.45) is 3.09. The Hall–Kier alpha value is -2.86. The summed E-state index contributed by atoms with van der Waals surface area (Å²) >= 11 is 0. The van der Waals surface area contributed by atoms with Crippen molar-refractivity contribution in [2.45, 2.75) is 32.3 Å². The van der Waals surface area contributed by atoms with Crippen molar-refractivity contribution in [3.8, 4) is 5.75 Å². The van der Waals surface area contributed by atoms with Crippen molar-refractivity contribution in [3.05, 3.63) is 59.7 Å². The van der Waals surface area contributed by atoms with E-state index in [9.17, 15) is 4.79 Å². The molecule has 28 heavy (non-hydrogen) atoms. The SMILES string of the molecule is CCc1cccc(NC(=NC[C@H]2CCCO2)NC(=O)c2cccc(OC)c2)c1. The summed E-state index contributed by atoms with van der Waals surface area (Å²) in [7, 11) is 1.58. The average Bonchev–Trinajstić information content (AvgIpc) is 3.26. The molecule has 2 aromatic carbocycles. The molecule has 148 valence electrons. The first-order valence-electron chi connectivity index (χ1n) is 9.65. The number of ether oxygens (including phenoxy) is 2. The minimum atomic E-state index is -0.246. The van der Waals surface area contributed by atoms with E-state index in [0.717, 1.165) is 31.6 Å². The van der Waals surface area contributed by atoms with Crippen molar-refractivity contribution < 1.29 is 14.3 Å². The van der Waals surface area contributed by atoms with Crippen LogP contribution in [0.1, 0.15) is 35.7 Å². The molecule has 2 aromatic rings. The van der Waals surface area contributed by atoms with E-state index in [0.29, 0.717) is 23.8 Å². The highest BCUT2D eigenvalue weighted by atomic mass is 16.5. The van der Waals surface area contributed by atoms with Gasteiger partial charge in [0, 0.05) is 17.9 Å². The van der Waals surface area contributed by atoms with Crippen LogP contribution < -0.4 is 15.4 Å². The van der Waals surface area contributed by atoms with Crippen molar-refractivity contribution in [2.75, 3.05) is 25.6 Å². The zero-order valence-corrected chi connectivity index (χ0v) is 16.4. The molecule has 0 unspecified atom stereocenters. The zero-order chi connectivity index (χ0) is 19.8. The van der Waals surface area contributed by atoms with Crippen LogP contribution in [-0.2, 0) is 11.2 Å². The number of aryl methyl sites for hydroxylation is 1. The highest BCUT2D eigenvalue weighted by Gasteiger charge is 2.16. The van der Waals surface area contributed by atoms with Crippen LogP contribution in [0.3, 0.4) is 0 Å². The maximum atomic E-state index is 12.7. The molecule has 3 rings (SSSR count). The number of benzene rings is 2. The molecule has 1 saturated heterocycles. The van der Waals surface area contributed by atoms with Crippen molar-refractivity contribution in [2.24, 2.45) is 4.99 Å². The van der Waals surface area contributed by atoms with Crippen LogP contribution >= 0.6 is 0 Å². The van der Waals surface area contributed by atoms with Crippen molar-refractivity contribution in [3.63, 3.8) is 0 Å². The zero-order valence-electron chi connectivity index (χ0n) is 16.4. The van der Waals surface area contributed by atoms with E-state index in [1.54, 1.807) is 31.4 Å². The predicted octanol–water partition coefficient (Wildman–Crippen LogP) is 3.63. The second kappa shape index (κ2) is 9.90. The van der Waals surface area contributed by atoms with Gasteiger partial charge in [-0.3, -0.25) is 10.1 Å². The second-order valence-electron chi connectivity index (χ2n) is 6.69. The smallest absolute Gasteiger partial charge is 0.258 e. The fourth-order valence-corrected chi connectivity index (χ4v) is 3.04. The maximum Gasteiger partial charge on any atom is 0.258 e. The quantitative estimate of drug-likeness (QED) is 0.592. The van der Waals surface area contributed by atoms with Gasteiger partial charge in [0.15, 0.2) is 0 Å². The number of hydrogen-bond donors (Lipinski definition) is 2. The lowest BCUT2D eigenvalue weighted by Crippen LogP contribution is -2.36. The molecule has 0 spiro atoms. The molecule has 1 aliphatic heterocycles. The van der Waals surface area contributed by atoms with Gasteiger partial charge in [-0.25, -0.2) is 4.99 Å². The summed E-state index contributed by atoms with van der Waals surface area (Å²) in [5.41, 5.74) is 2.60. The lowest BCUT2D eigenvalue weighted by atomic mass is 10.1. The predicted molar refractivity (Wildman–Crippen MR) is 111 cm³/mol. The Morgan fingerprint density at radius 1 is 1.25 bits per heavy atom. The Morgan fingerprint density at radius 2 is 2.11 bits per heavy atom. The van der Waals surface area contributed by atoms with Crippen LogP contribution in [0.4, 0.5) is 5.69 Å². The number of nitrogens with zero attached hydrogens (tertiary/aromatic N) is 1. The van der Waals surface area contributed by atoms with Gasteiger partial charge in [-0.15, -0.1) is 0 Å². The van der Waals surface area contributed by atoms with Gasteiger partial charge in [-0.2, -0.15) is 0 Å². The molecule has 0 bridgehead atoms. The van der Waals surface area contributed by atoms with Gasteiger partial charge in [0.2, 0.25) is 5.96 Å². The molecule has 1 fully saturated rings. The molecule has 0 saturated carbocycles. The Bertz CT molecular complexity index is 829. The normalized spacial score (nSPS) is 16.6. The Balaban J connectivity index is 1.76. The largest absolute Gasteiger partial charge is 0.497 e. The first kappa shape index (κ1) is 19.9. The molecule has 6 heteroatoms. The van der Waals surface area contributed by atoms with Gasteiger partial charge in [-0.1, -0.05) is 25.1 Å². The molecule has 1 heterocycles. The lowest BCUT2D eigenvalue weighted by molar-refractivity contribution is 0.0975. The van der Waals surface area contributed by atoms with E-state index in [1.165, 1.54) is 5.56 Å². The van der Waals surface area contributed by atoms with Gasteiger partial charge in [0.25, 0.3) is 5.91 Å². The fourth-order valence-electron chi connectivity index (χ4n) is 3.04. The van der Waals surface area contributed by atoms with Crippen LogP contribution in [0.2, 0.25) is 0 Å². The monoisotopic (exact) mass is 381 g/mol. The first-order chi connectivity index (χ1) is 13.7. The topological polar surface area (TPSA) is 72.0 Å². The van der Waals surface area contributed by atoms with E-state index in [2.05, 4.69) is 34.7 Å². The third kappa shape index (κ3) is 5.57. The van der Waals surface area contributed by atoms with Gasteiger partial charge in [-0.05, 0) is 55.2 Å². The Morgan fingerprint density at radius 3 is 2.86 bits per heavy atom. The van der Waals surface area contributed by atoms with Gasteiger partial charge in [0.1, 0.15) is 5.75 Å². The minimum absolute atomic E-state index is 0.104. The van der Waals surface area contributed by atoms with Crippen LogP contribution in [0.5, 0.6) is 5.75 Å². The molecule has 1 amide bonds. The molecular weight excluding hydrogens is 354 g/mol. The molecule has 0 aliphatic carbocycles. The molecule has 0 radical (unpaired) electrons. The fraction of sp³-hybridized carbons (Fsp3) is 0.364. The number of guanidine groups is 1. The number of carbonyl (C=O) groups is 1. The van der Waals surface area contributed by atoms with E-state index in [-0.39, 0.29) is 12.0 Å². The molecule has 0 aromatic heterocycles. The average molecular weight is 381 g/mol. The number of methoxy groups -OCH3 is 1. The highest BCUT2D eigenvalue weighted by Crippen LogP contribution is 2.15. The summed E-state index contributed by atoms with van der Waals surface area (Å²) in [5.74, 6) is 0.801. The number of hydrogen-bond acceptors (Lipinski definition) is 4. The Labute approximate surface area is 166 Å². The van der Waals surface area contributed by atoms with Gasteiger partial charge >= 0.3 is 0 Å². The van der Waals surface area contributed by atoms with E-state index >= 15 is 0 Å². The summed E-state index contributed by atoms with van der Waals surface area (Å²) in [5, 5.41) is 6.12. The molecule has 1 aliphatic rings. The minimum Gasteiger partial charge on any atom is -0.497 e. The molecule has 6 nitrogen and oxygen atoms in total. The van der Waals surface area contributed by atoms with Crippen molar-refractivity contribution >= 4 is 17.6 Å². The molecule has 1 atom stereocenters. The first-order valence-corrected chi connectivity index (χ1v) is 9.65. The van der Waals surface area contributed by atoms with Crippen LogP contribution in [0.15, 0.2) is 53.5 Å². The third-order valence-electron chi connectivity index (χ3n) is 4.64. The van der Waals surface area contributed by atoms with E-state index in [4.69, 9.17) is 9.47 Å². The van der Waals surface area contributed by atoms with Crippen molar-refractivity contribution in [1.82, 2.24) is 5.32 Å². The van der Waals surface area contributed by atoms with Crippen LogP contribution in [-0.4, -0.2) is 38.2 Å². The number of anilines is 1. The second-order valence-corrected chi connectivity index (χ2v) is 6.69. The molecular formula is C22H27N3O3. The number of carbonyl (C=O) groups excluding carboxylic acids is 1. The van der Waals surface area contributed by atoms with Crippen LogP contribution in [0.25, 0.3) is 0 Å². The number of nitrogens with one attached hydrogen (secondary N) is 2. The van der Waals surface area contributed by atoms with E-state index in [1.807, 2.05) is 12.1 Å². The van der Waals surface area contributed by atoms with E-state index < -0.39 is 0 Å². The third-order valence-corrected chi connectivity index (χ3v) is 4.64. The lowest BCUT2D eigenvalue weighted by Gasteiger charge is -2.14.